The van der Waals surface area contributed by atoms with E-state index < -0.39 is 0 Å². The number of nitrogens with zero attached hydrogens (tertiary/aromatic N) is 1. The fraction of sp³-hybridized carbons (Fsp3) is 0.308. The number of aromatic hydroxyl groups is 1. The van der Waals surface area contributed by atoms with Crippen LogP contribution in [0.1, 0.15) is 5.56 Å². The fourth-order valence-electron chi connectivity index (χ4n) is 1.43. The maximum Gasteiger partial charge on any atom is 0.246 e. The number of hydrogen-bond donors (Lipinski definition) is 3. The summed E-state index contributed by atoms with van der Waals surface area (Å²) in [6.07, 6.45) is 2.99. The lowest BCUT2D eigenvalue weighted by Gasteiger charge is -2.18. The first-order valence-corrected chi connectivity index (χ1v) is 5.65. The number of phenols is 1. The number of rotatable bonds is 6. The largest absolute Gasteiger partial charge is 0.508 e. The van der Waals surface area contributed by atoms with E-state index >= 15 is 0 Å². The summed E-state index contributed by atoms with van der Waals surface area (Å²) in [4.78, 5) is 13.1. The van der Waals surface area contributed by atoms with Crippen LogP contribution in [0.2, 0.25) is 0 Å². The lowest BCUT2D eigenvalue weighted by Crippen LogP contribution is -2.34. The molecule has 0 saturated carbocycles. The van der Waals surface area contributed by atoms with Gasteiger partial charge in [0.05, 0.1) is 13.2 Å². The van der Waals surface area contributed by atoms with Crippen LogP contribution in [0.15, 0.2) is 30.3 Å². The van der Waals surface area contributed by atoms with Gasteiger partial charge in [-0.15, -0.1) is 0 Å². The molecule has 1 amide bonds. The Balaban J connectivity index is 2.63. The lowest BCUT2D eigenvalue weighted by molar-refractivity contribution is -0.126. The van der Waals surface area contributed by atoms with E-state index in [1.807, 2.05) is 0 Å². The number of carbonyl (C=O) groups excluding carboxylic acids is 1. The van der Waals surface area contributed by atoms with Crippen molar-refractivity contribution >= 4 is 12.0 Å². The van der Waals surface area contributed by atoms with Crippen molar-refractivity contribution in [1.82, 2.24) is 4.90 Å². The minimum Gasteiger partial charge on any atom is -0.508 e. The molecular weight excluding hydrogens is 234 g/mol. The predicted octanol–water partition coefficient (Wildman–Crippen LogP) is 0.219. The molecule has 5 heteroatoms. The van der Waals surface area contributed by atoms with Crippen LogP contribution in [-0.4, -0.2) is 52.4 Å². The molecule has 0 spiro atoms. The Morgan fingerprint density at radius 2 is 1.67 bits per heavy atom. The molecule has 0 radical (unpaired) electrons. The third kappa shape index (κ3) is 4.57. The van der Waals surface area contributed by atoms with Crippen molar-refractivity contribution in [2.45, 2.75) is 0 Å². The van der Waals surface area contributed by atoms with E-state index in [-0.39, 0.29) is 38.0 Å². The first kappa shape index (κ1) is 14.2. The van der Waals surface area contributed by atoms with Gasteiger partial charge in [0, 0.05) is 19.2 Å². The Morgan fingerprint density at radius 1 is 1.11 bits per heavy atom. The summed E-state index contributed by atoms with van der Waals surface area (Å²) in [6.45, 7) is 0.107. The molecule has 5 nitrogen and oxygen atoms in total. The molecular formula is C13H17NO4. The summed E-state index contributed by atoms with van der Waals surface area (Å²) in [5, 5.41) is 26.7. The van der Waals surface area contributed by atoms with Gasteiger partial charge >= 0.3 is 0 Å². The van der Waals surface area contributed by atoms with Crippen molar-refractivity contribution in [2.24, 2.45) is 0 Å². The summed E-state index contributed by atoms with van der Waals surface area (Å²) in [5.74, 6) is -0.105. The van der Waals surface area contributed by atoms with Crippen molar-refractivity contribution in [3.05, 3.63) is 35.9 Å². The second kappa shape index (κ2) is 7.47. The summed E-state index contributed by atoms with van der Waals surface area (Å²) >= 11 is 0. The molecule has 3 N–H and O–H groups in total. The average molecular weight is 251 g/mol. The number of amides is 1. The third-order valence-corrected chi connectivity index (χ3v) is 2.36. The van der Waals surface area contributed by atoms with Crippen LogP contribution in [0.3, 0.4) is 0 Å². The zero-order chi connectivity index (χ0) is 13.4. The molecule has 0 bridgehead atoms. The van der Waals surface area contributed by atoms with Crippen LogP contribution < -0.4 is 0 Å². The highest BCUT2D eigenvalue weighted by Gasteiger charge is 2.08. The van der Waals surface area contributed by atoms with Gasteiger partial charge in [-0.3, -0.25) is 4.79 Å². The Labute approximate surface area is 106 Å². The number of phenolic OH excluding ortho intramolecular Hbond substituents is 1. The molecule has 1 rings (SSSR count). The maximum absolute atomic E-state index is 11.7. The number of aliphatic hydroxyl groups excluding tert-OH is 2. The molecule has 0 atom stereocenters. The summed E-state index contributed by atoms with van der Waals surface area (Å²) in [5.41, 5.74) is 0.786. The first-order valence-electron chi connectivity index (χ1n) is 5.65. The standard InChI is InChI=1S/C13H17NO4/c15-9-7-14(8-10-16)13(18)6-3-11-1-4-12(17)5-2-11/h1-6,15-17H,7-10H2. The van der Waals surface area contributed by atoms with E-state index in [1.165, 1.54) is 23.1 Å². The van der Waals surface area contributed by atoms with Crippen molar-refractivity contribution in [1.29, 1.82) is 0 Å². The van der Waals surface area contributed by atoms with Crippen LogP contribution >= 0.6 is 0 Å². The topological polar surface area (TPSA) is 81.0 Å². The predicted molar refractivity (Wildman–Crippen MR) is 67.9 cm³/mol. The fourth-order valence-corrected chi connectivity index (χ4v) is 1.43. The Hall–Kier alpha value is -1.85. The minimum absolute atomic E-state index is 0.140. The van der Waals surface area contributed by atoms with Gasteiger partial charge in [-0.05, 0) is 23.8 Å². The van der Waals surface area contributed by atoms with Crippen molar-refractivity contribution in [3.8, 4) is 5.75 Å². The number of aliphatic hydroxyl groups is 2. The van der Waals surface area contributed by atoms with Gasteiger partial charge in [0.2, 0.25) is 5.91 Å². The number of hydrogen-bond acceptors (Lipinski definition) is 4. The molecule has 0 unspecified atom stereocenters. The van der Waals surface area contributed by atoms with E-state index in [4.69, 9.17) is 15.3 Å². The number of benzene rings is 1. The van der Waals surface area contributed by atoms with Crippen LogP contribution in [0, 0.1) is 0 Å². The molecule has 18 heavy (non-hydrogen) atoms. The molecule has 0 aliphatic rings. The smallest absolute Gasteiger partial charge is 0.246 e. The number of carbonyl (C=O) groups is 1. The van der Waals surface area contributed by atoms with Crippen molar-refractivity contribution < 1.29 is 20.1 Å². The van der Waals surface area contributed by atoms with Gasteiger partial charge < -0.3 is 20.2 Å². The summed E-state index contributed by atoms with van der Waals surface area (Å²) < 4.78 is 0. The van der Waals surface area contributed by atoms with Gasteiger partial charge in [-0.1, -0.05) is 12.1 Å². The summed E-state index contributed by atoms with van der Waals surface area (Å²) in [7, 11) is 0. The normalized spacial score (nSPS) is 10.8. The van der Waals surface area contributed by atoms with E-state index in [0.717, 1.165) is 5.56 Å². The molecule has 98 valence electrons. The van der Waals surface area contributed by atoms with E-state index in [0.29, 0.717) is 0 Å². The Bertz CT molecular complexity index is 394. The molecule has 0 fully saturated rings. The second-order valence-electron chi connectivity index (χ2n) is 3.70. The van der Waals surface area contributed by atoms with Gasteiger partial charge in [0.15, 0.2) is 0 Å². The van der Waals surface area contributed by atoms with E-state index in [9.17, 15) is 4.79 Å². The van der Waals surface area contributed by atoms with Crippen LogP contribution in [0.5, 0.6) is 5.75 Å². The second-order valence-corrected chi connectivity index (χ2v) is 3.70. The highest BCUT2D eigenvalue weighted by Crippen LogP contribution is 2.10. The lowest BCUT2D eigenvalue weighted by atomic mass is 10.2. The molecule has 0 saturated heterocycles. The van der Waals surface area contributed by atoms with Crippen molar-refractivity contribution in [3.63, 3.8) is 0 Å². The molecule has 0 aliphatic carbocycles. The highest BCUT2D eigenvalue weighted by molar-refractivity contribution is 5.91. The van der Waals surface area contributed by atoms with Crippen LogP contribution in [-0.2, 0) is 4.79 Å². The molecule has 1 aromatic rings. The zero-order valence-corrected chi connectivity index (χ0v) is 9.99. The Morgan fingerprint density at radius 3 is 2.17 bits per heavy atom. The molecule has 0 heterocycles. The monoisotopic (exact) mass is 251 g/mol. The minimum atomic E-state index is -0.272. The average Bonchev–Trinajstić information content (AvgIpc) is 2.37. The van der Waals surface area contributed by atoms with Gasteiger partial charge in [-0.25, -0.2) is 0 Å². The third-order valence-electron chi connectivity index (χ3n) is 2.36. The van der Waals surface area contributed by atoms with Gasteiger partial charge in [0.25, 0.3) is 0 Å². The van der Waals surface area contributed by atoms with Crippen LogP contribution in [0.4, 0.5) is 0 Å². The van der Waals surface area contributed by atoms with E-state index in [1.54, 1.807) is 18.2 Å². The SMILES string of the molecule is O=C(C=Cc1ccc(O)cc1)N(CCO)CCO. The molecule has 0 aromatic heterocycles. The Kier molecular flexibility index (Phi) is 5.90. The van der Waals surface area contributed by atoms with Crippen LogP contribution in [0.25, 0.3) is 6.08 Å². The van der Waals surface area contributed by atoms with Gasteiger partial charge in [0.1, 0.15) is 5.75 Å². The van der Waals surface area contributed by atoms with E-state index in [2.05, 4.69) is 0 Å². The van der Waals surface area contributed by atoms with Crippen molar-refractivity contribution in [2.75, 3.05) is 26.3 Å². The first-order chi connectivity index (χ1) is 8.67. The zero-order valence-electron chi connectivity index (χ0n) is 9.99. The molecule has 0 aliphatic heterocycles. The highest BCUT2D eigenvalue weighted by atomic mass is 16.3. The summed E-state index contributed by atoms with van der Waals surface area (Å²) in [6, 6.07) is 6.43. The quantitative estimate of drug-likeness (QED) is 0.632. The molecule has 1 aromatic carbocycles. The van der Waals surface area contributed by atoms with Gasteiger partial charge in [-0.2, -0.15) is 0 Å². The maximum atomic E-state index is 11.7.